The molecule has 0 aliphatic carbocycles. The van der Waals surface area contributed by atoms with Gasteiger partial charge < -0.3 is 9.64 Å². The maximum absolute atomic E-state index is 12.4. The summed E-state index contributed by atoms with van der Waals surface area (Å²) in [4.78, 5) is 14.2. The number of fused-ring (bicyclic) bond motifs is 1. The summed E-state index contributed by atoms with van der Waals surface area (Å²) >= 11 is 0. The summed E-state index contributed by atoms with van der Waals surface area (Å²) in [5.74, 6) is 0.0580. The first-order chi connectivity index (χ1) is 9.63. The topological polar surface area (TPSA) is 60.2 Å². The zero-order chi connectivity index (χ0) is 14.1. The second-order valence-electron chi connectivity index (χ2n) is 5.29. The van der Waals surface area contributed by atoms with Gasteiger partial charge in [-0.05, 0) is 26.0 Å². The standard InChI is InChI=1S/C14H18N4O2/c1-10-7-17(8-11(2)20-10)14(19)9-18-13-6-4-3-5-12(13)15-16-18/h3-6,10-11H,7-9H2,1-2H3/t10-,11-/m0/s1. The quantitative estimate of drug-likeness (QED) is 0.822. The first-order valence-electron chi connectivity index (χ1n) is 6.85. The van der Waals surface area contributed by atoms with Gasteiger partial charge >= 0.3 is 0 Å². The summed E-state index contributed by atoms with van der Waals surface area (Å²) in [5, 5.41) is 8.12. The molecule has 0 unspecified atom stereocenters. The van der Waals surface area contributed by atoms with E-state index in [1.807, 2.05) is 43.0 Å². The zero-order valence-corrected chi connectivity index (χ0v) is 11.7. The molecule has 2 aromatic rings. The highest BCUT2D eigenvalue weighted by Crippen LogP contribution is 2.13. The van der Waals surface area contributed by atoms with Crippen LogP contribution in [0.25, 0.3) is 11.0 Å². The minimum absolute atomic E-state index is 0.0580. The van der Waals surface area contributed by atoms with Gasteiger partial charge in [0.1, 0.15) is 12.1 Å². The van der Waals surface area contributed by atoms with Gasteiger partial charge in [-0.25, -0.2) is 4.68 Å². The van der Waals surface area contributed by atoms with E-state index in [4.69, 9.17) is 4.74 Å². The molecular weight excluding hydrogens is 256 g/mol. The molecule has 6 nitrogen and oxygen atoms in total. The Morgan fingerprint density at radius 2 is 2.00 bits per heavy atom. The highest BCUT2D eigenvalue weighted by Gasteiger charge is 2.26. The van der Waals surface area contributed by atoms with Gasteiger partial charge in [0.2, 0.25) is 5.91 Å². The monoisotopic (exact) mass is 274 g/mol. The van der Waals surface area contributed by atoms with Gasteiger partial charge in [-0.15, -0.1) is 5.10 Å². The third-order valence-corrected chi connectivity index (χ3v) is 3.48. The van der Waals surface area contributed by atoms with Gasteiger partial charge in [0, 0.05) is 13.1 Å². The van der Waals surface area contributed by atoms with Gasteiger partial charge in [-0.3, -0.25) is 4.79 Å². The molecule has 2 heterocycles. The van der Waals surface area contributed by atoms with Gasteiger partial charge in [0.25, 0.3) is 0 Å². The van der Waals surface area contributed by atoms with Crippen molar-refractivity contribution < 1.29 is 9.53 Å². The van der Waals surface area contributed by atoms with Crippen LogP contribution in [0.3, 0.4) is 0 Å². The number of nitrogens with zero attached hydrogens (tertiary/aromatic N) is 4. The molecule has 0 N–H and O–H groups in total. The SMILES string of the molecule is C[C@H]1CN(C(=O)Cn2nnc3ccccc32)C[C@H](C)O1. The van der Waals surface area contributed by atoms with E-state index in [9.17, 15) is 4.79 Å². The molecule has 0 radical (unpaired) electrons. The molecule has 20 heavy (non-hydrogen) atoms. The normalized spacial score (nSPS) is 23.2. The molecule has 2 atom stereocenters. The van der Waals surface area contributed by atoms with Crippen LogP contribution < -0.4 is 0 Å². The van der Waals surface area contributed by atoms with Crippen molar-refractivity contribution in [2.75, 3.05) is 13.1 Å². The molecule has 6 heteroatoms. The maximum atomic E-state index is 12.4. The second kappa shape index (κ2) is 5.20. The predicted molar refractivity (Wildman–Crippen MR) is 74.1 cm³/mol. The van der Waals surface area contributed by atoms with E-state index >= 15 is 0 Å². The molecule has 0 saturated carbocycles. The molecule has 1 aromatic heterocycles. The predicted octanol–water partition coefficient (Wildman–Crippen LogP) is 1.07. The molecule has 0 bridgehead atoms. The Morgan fingerprint density at radius 1 is 1.30 bits per heavy atom. The third kappa shape index (κ3) is 2.51. The van der Waals surface area contributed by atoms with Crippen molar-refractivity contribution in [3.63, 3.8) is 0 Å². The van der Waals surface area contributed by atoms with Gasteiger partial charge in [-0.1, -0.05) is 17.3 Å². The van der Waals surface area contributed by atoms with Crippen molar-refractivity contribution in [2.45, 2.75) is 32.6 Å². The fourth-order valence-corrected chi connectivity index (χ4v) is 2.64. The van der Waals surface area contributed by atoms with E-state index in [1.165, 1.54) is 0 Å². The highest BCUT2D eigenvalue weighted by atomic mass is 16.5. The average Bonchev–Trinajstić information content (AvgIpc) is 2.81. The van der Waals surface area contributed by atoms with Crippen molar-refractivity contribution in [1.29, 1.82) is 0 Å². The second-order valence-corrected chi connectivity index (χ2v) is 5.29. The van der Waals surface area contributed by atoms with Crippen LogP contribution >= 0.6 is 0 Å². The minimum Gasteiger partial charge on any atom is -0.372 e. The Kier molecular flexibility index (Phi) is 3.40. The molecular formula is C14H18N4O2. The van der Waals surface area contributed by atoms with E-state index in [2.05, 4.69) is 10.3 Å². The lowest BCUT2D eigenvalue weighted by atomic mass is 10.2. The van der Waals surface area contributed by atoms with Crippen molar-refractivity contribution in [2.24, 2.45) is 0 Å². The summed E-state index contributed by atoms with van der Waals surface area (Å²) in [7, 11) is 0. The van der Waals surface area contributed by atoms with Crippen molar-refractivity contribution in [3.05, 3.63) is 24.3 Å². The fourth-order valence-electron chi connectivity index (χ4n) is 2.64. The van der Waals surface area contributed by atoms with Gasteiger partial charge in [0.15, 0.2) is 0 Å². The molecule has 1 aliphatic heterocycles. The van der Waals surface area contributed by atoms with Crippen LogP contribution in [0.4, 0.5) is 0 Å². The van der Waals surface area contributed by atoms with Gasteiger partial charge in [0.05, 0.1) is 17.7 Å². The first kappa shape index (κ1) is 13.1. The number of rotatable bonds is 2. The number of aromatic nitrogens is 3. The molecule has 1 aliphatic rings. The highest BCUT2D eigenvalue weighted by molar-refractivity contribution is 5.79. The van der Waals surface area contributed by atoms with Crippen LogP contribution in [-0.2, 0) is 16.1 Å². The van der Waals surface area contributed by atoms with Crippen molar-refractivity contribution in [1.82, 2.24) is 19.9 Å². The number of carbonyl (C=O) groups is 1. The molecule has 106 valence electrons. The number of carbonyl (C=O) groups excluding carboxylic acids is 1. The largest absolute Gasteiger partial charge is 0.372 e. The molecule has 1 saturated heterocycles. The maximum Gasteiger partial charge on any atom is 0.244 e. The van der Waals surface area contributed by atoms with Crippen LogP contribution in [0.2, 0.25) is 0 Å². The van der Waals surface area contributed by atoms with E-state index in [0.717, 1.165) is 11.0 Å². The van der Waals surface area contributed by atoms with Gasteiger partial charge in [-0.2, -0.15) is 0 Å². The van der Waals surface area contributed by atoms with Crippen LogP contribution in [0, 0.1) is 0 Å². The van der Waals surface area contributed by atoms with E-state index in [1.54, 1.807) is 4.68 Å². The number of hydrogen-bond acceptors (Lipinski definition) is 4. The fraction of sp³-hybridized carbons (Fsp3) is 0.500. The lowest BCUT2D eigenvalue weighted by molar-refractivity contribution is -0.143. The summed E-state index contributed by atoms with van der Waals surface area (Å²) in [6.45, 7) is 5.47. The first-order valence-corrected chi connectivity index (χ1v) is 6.85. The number of para-hydroxylation sites is 1. The smallest absolute Gasteiger partial charge is 0.244 e. The summed E-state index contributed by atoms with van der Waals surface area (Å²) in [6.07, 6.45) is 0.158. The van der Waals surface area contributed by atoms with Crippen LogP contribution in [0.15, 0.2) is 24.3 Å². The molecule has 1 fully saturated rings. The van der Waals surface area contributed by atoms with Crippen LogP contribution in [0.1, 0.15) is 13.8 Å². The molecule has 1 aromatic carbocycles. The van der Waals surface area contributed by atoms with Crippen LogP contribution in [0.5, 0.6) is 0 Å². The lowest BCUT2D eigenvalue weighted by Gasteiger charge is -2.35. The lowest BCUT2D eigenvalue weighted by Crippen LogP contribution is -2.49. The van der Waals surface area contributed by atoms with E-state index < -0.39 is 0 Å². The zero-order valence-electron chi connectivity index (χ0n) is 11.7. The van der Waals surface area contributed by atoms with Crippen molar-refractivity contribution in [3.8, 4) is 0 Å². The Morgan fingerprint density at radius 3 is 2.75 bits per heavy atom. The van der Waals surface area contributed by atoms with E-state index in [-0.39, 0.29) is 24.7 Å². The summed E-state index contributed by atoms with van der Waals surface area (Å²) in [6, 6.07) is 7.65. The Hall–Kier alpha value is -1.95. The van der Waals surface area contributed by atoms with E-state index in [0.29, 0.717) is 13.1 Å². The Labute approximate surface area is 117 Å². The van der Waals surface area contributed by atoms with Crippen LogP contribution in [-0.4, -0.2) is 51.1 Å². The molecule has 0 spiro atoms. The third-order valence-electron chi connectivity index (χ3n) is 3.48. The summed E-state index contributed by atoms with van der Waals surface area (Å²) < 4.78 is 7.30. The molecule has 1 amide bonds. The number of amides is 1. The minimum atomic E-state index is 0.0580. The van der Waals surface area contributed by atoms with Crippen molar-refractivity contribution >= 4 is 16.9 Å². The molecule has 3 rings (SSSR count). The Balaban J connectivity index is 1.75. The number of ether oxygens (including phenoxy) is 1. The average molecular weight is 274 g/mol. The Bertz CT molecular complexity index is 614. The summed E-state index contributed by atoms with van der Waals surface area (Å²) in [5.41, 5.74) is 1.69. The number of hydrogen-bond donors (Lipinski definition) is 0. The number of morpholine rings is 1. The number of benzene rings is 1.